The molecule has 7 nitrogen and oxygen atoms in total. The Morgan fingerprint density at radius 2 is 1.72 bits per heavy atom. The second kappa shape index (κ2) is 9.49. The van der Waals surface area contributed by atoms with Gasteiger partial charge in [-0.2, -0.15) is 0 Å². The summed E-state index contributed by atoms with van der Waals surface area (Å²) in [6, 6.07) is 17.9. The zero-order valence-electron chi connectivity index (χ0n) is 17.4. The van der Waals surface area contributed by atoms with Crippen LogP contribution in [0.3, 0.4) is 0 Å². The maximum atomic E-state index is 13.1. The van der Waals surface area contributed by atoms with Gasteiger partial charge in [0.15, 0.2) is 11.5 Å². The smallest absolute Gasteiger partial charge is 0.257 e. The predicted molar refractivity (Wildman–Crippen MR) is 118 cm³/mol. The minimum atomic E-state index is -0.402. The number of carbonyl (C=O) groups excluding carboxylic acids is 2. The highest BCUT2D eigenvalue weighted by Crippen LogP contribution is 2.32. The molecule has 0 aromatic heterocycles. The highest BCUT2D eigenvalue weighted by molar-refractivity contribution is 6.10. The summed E-state index contributed by atoms with van der Waals surface area (Å²) in [5, 5.41) is 5.50. The number of rotatable bonds is 7. The van der Waals surface area contributed by atoms with Crippen LogP contribution in [0.2, 0.25) is 0 Å². The summed E-state index contributed by atoms with van der Waals surface area (Å²) in [6.07, 6.45) is 0. The molecular weight excluding hydrogens is 413 g/mol. The number of nitrogens with one attached hydrogen (secondary N) is 2. The van der Waals surface area contributed by atoms with Crippen molar-refractivity contribution < 1.29 is 23.5 Å². The quantitative estimate of drug-likeness (QED) is 0.589. The molecule has 1 aliphatic heterocycles. The Morgan fingerprint density at radius 1 is 0.969 bits per heavy atom. The molecule has 1 aliphatic rings. The van der Waals surface area contributed by atoms with E-state index in [1.165, 1.54) is 24.3 Å². The van der Waals surface area contributed by atoms with Gasteiger partial charge in [0.1, 0.15) is 5.82 Å². The number of hydrogen-bond donors (Lipinski definition) is 2. The van der Waals surface area contributed by atoms with Crippen molar-refractivity contribution in [1.29, 1.82) is 0 Å². The van der Waals surface area contributed by atoms with E-state index in [-0.39, 0.29) is 25.1 Å². The van der Waals surface area contributed by atoms with Crippen LogP contribution in [-0.4, -0.2) is 37.1 Å². The molecule has 0 spiro atoms. The van der Waals surface area contributed by atoms with Crippen molar-refractivity contribution in [3.05, 3.63) is 83.7 Å². The van der Waals surface area contributed by atoms with Gasteiger partial charge in [-0.25, -0.2) is 4.39 Å². The molecule has 0 saturated heterocycles. The second-order valence-corrected chi connectivity index (χ2v) is 7.41. The highest BCUT2D eigenvalue weighted by Gasteiger charge is 2.16. The van der Waals surface area contributed by atoms with Gasteiger partial charge in [0.2, 0.25) is 12.7 Å². The maximum absolute atomic E-state index is 13.1. The lowest BCUT2D eigenvalue weighted by Gasteiger charge is -2.17. The summed E-state index contributed by atoms with van der Waals surface area (Å²) in [5.74, 6) is 0.364. The topological polar surface area (TPSA) is 79.9 Å². The maximum Gasteiger partial charge on any atom is 0.257 e. The third kappa shape index (κ3) is 5.22. The molecular formula is C24H22FN3O4. The van der Waals surface area contributed by atoms with Crippen LogP contribution in [0.1, 0.15) is 15.9 Å². The first-order chi connectivity index (χ1) is 15.5. The van der Waals surface area contributed by atoms with Gasteiger partial charge in [-0.15, -0.1) is 0 Å². The molecule has 2 amide bonds. The summed E-state index contributed by atoms with van der Waals surface area (Å²) in [5.41, 5.74) is 2.15. The minimum Gasteiger partial charge on any atom is -0.454 e. The van der Waals surface area contributed by atoms with Crippen molar-refractivity contribution in [3.63, 3.8) is 0 Å². The summed E-state index contributed by atoms with van der Waals surface area (Å²) < 4.78 is 23.8. The van der Waals surface area contributed by atoms with Crippen molar-refractivity contribution in [2.75, 3.05) is 31.0 Å². The van der Waals surface area contributed by atoms with Crippen molar-refractivity contribution in [3.8, 4) is 11.5 Å². The fraction of sp³-hybridized carbons (Fsp3) is 0.167. The number of anilines is 2. The Labute approximate surface area is 184 Å². The van der Waals surface area contributed by atoms with E-state index in [9.17, 15) is 14.0 Å². The number of halogens is 1. The van der Waals surface area contributed by atoms with Gasteiger partial charge in [-0.3, -0.25) is 14.5 Å². The lowest BCUT2D eigenvalue weighted by molar-refractivity contribution is -0.117. The van der Waals surface area contributed by atoms with E-state index in [0.29, 0.717) is 35.0 Å². The summed E-state index contributed by atoms with van der Waals surface area (Å²) in [6.45, 7) is 0.879. The average molecular weight is 435 g/mol. The molecule has 0 bridgehead atoms. The van der Waals surface area contributed by atoms with Crippen LogP contribution in [0, 0.1) is 5.82 Å². The normalized spacial score (nSPS) is 12.0. The van der Waals surface area contributed by atoms with E-state index in [0.717, 1.165) is 5.56 Å². The molecule has 2 N–H and O–H groups in total. The number of carbonyl (C=O) groups is 2. The first-order valence-electron chi connectivity index (χ1n) is 10.0. The van der Waals surface area contributed by atoms with Crippen LogP contribution in [0.4, 0.5) is 15.8 Å². The molecule has 0 unspecified atom stereocenters. The van der Waals surface area contributed by atoms with Gasteiger partial charge >= 0.3 is 0 Å². The number of amides is 2. The molecule has 4 rings (SSSR count). The van der Waals surface area contributed by atoms with Gasteiger partial charge in [-0.1, -0.05) is 18.2 Å². The Hall–Kier alpha value is -3.91. The fourth-order valence-electron chi connectivity index (χ4n) is 3.36. The van der Waals surface area contributed by atoms with Crippen molar-refractivity contribution in [1.82, 2.24) is 4.90 Å². The monoisotopic (exact) mass is 435 g/mol. The van der Waals surface area contributed by atoms with Gasteiger partial charge in [0, 0.05) is 12.2 Å². The predicted octanol–water partition coefficient (Wildman–Crippen LogP) is 3.88. The summed E-state index contributed by atoms with van der Waals surface area (Å²) in [7, 11) is 1.83. The lowest BCUT2D eigenvalue weighted by Crippen LogP contribution is -2.30. The molecule has 164 valence electrons. The third-order valence-corrected chi connectivity index (χ3v) is 4.85. The standard InChI is InChI=1S/C24H22FN3O4/c1-28(13-16-6-11-21-22(12-16)32-15-31-21)14-23(29)27-20-5-3-2-4-19(20)24(30)26-18-9-7-17(25)8-10-18/h2-12H,13-15H2,1H3,(H,26,30)(H,27,29). The number of ether oxygens (including phenoxy) is 2. The van der Waals surface area contributed by atoms with E-state index < -0.39 is 5.91 Å². The van der Waals surface area contributed by atoms with Gasteiger partial charge in [-0.05, 0) is 61.1 Å². The van der Waals surface area contributed by atoms with Gasteiger partial charge < -0.3 is 20.1 Å². The fourth-order valence-corrected chi connectivity index (χ4v) is 3.36. The number of benzene rings is 3. The first kappa shape index (κ1) is 21.3. The molecule has 32 heavy (non-hydrogen) atoms. The van der Waals surface area contributed by atoms with E-state index in [1.807, 2.05) is 30.1 Å². The number of likely N-dealkylation sites (N-methyl/N-ethyl adjacent to an activating group) is 1. The first-order valence-corrected chi connectivity index (χ1v) is 10.0. The molecule has 0 radical (unpaired) electrons. The molecule has 0 fully saturated rings. The summed E-state index contributed by atoms with van der Waals surface area (Å²) >= 11 is 0. The van der Waals surface area contributed by atoms with Gasteiger partial charge in [0.25, 0.3) is 5.91 Å². The van der Waals surface area contributed by atoms with Crippen LogP contribution < -0.4 is 20.1 Å². The molecule has 3 aromatic carbocycles. The van der Waals surface area contributed by atoms with E-state index in [2.05, 4.69) is 10.6 Å². The number of nitrogens with zero attached hydrogens (tertiary/aromatic N) is 1. The number of para-hydroxylation sites is 1. The van der Waals surface area contributed by atoms with Crippen molar-refractivity contribution >= 4 is 23.2 Å². The third-order valence-electron chi connectivity index (χ3n) is 4.85. The molecule has 1 heterocycles. The SMILES string of the molecule is CN(CC(=O)Nc1ccccc1C(=O)Nc1ccc(F)cc1)Cc1ccc2c(c1)OCO2. The molecule has 8 heteroatoms. The van der Waals surface area contributed by atoms with Crippen LogP contribution in [0.15, 0.2) is 66.7 Å². The number of fused-ring (bicyclic) bond motifs is 1. The van der Waals surface area contributed by atoms with Crippen LogP contribution in [-0.2, 0) is 11.3 Å². The average Bonchev–Trinajstić information content (AvgIpc) is 3.23. The minimum absolute atomic E-state index is 0.127. The second-order valence-electron chi connectivity index (χ2n) is 7.41. The Morgan fingerprint density at radius 3 is 2.53 bits per heavy atom. The van der Waals surface area contributed by atoms with Gasteiger partial charge in [0.05, 0.1) is 17.8 Å². The molecule has 3 aromatic rings. The molecule has 0 aliphatic carbocycles. The van der Waals surface area contributed by atoms with E-state index >= 15 is 0 Å². The Kier molecular flexibility index (Phi) is 6.32. The zero-order valence-corrected chi connectivity index (χ0v) is 17.4. The summed E-state index contributed by atoms with van der Waals surface area (Å²) in [4.78, 5) is 27.1. The highest BCUT2D eigenvalue weighted by atomic mass is 19.1. The van der Waals surface area contributed by atoms with E-state index in [1.54, 1.807) is 24.3 Å². The Bertz CT molecular complexity index is 1130. The van der Waals surface area contributed by atoms with E-state index in [4.69, 9.17) is 9.47 Å². The molecule has 0 atom stereocenters. The number of hydrogen-bond acceptors (Lipinski definition) is 5. The van der Waals surface area contributed by atoms with Crippen LogP contribution in [0.5, 0.6) is 11.5 Å². The Balaban J connectivity index is 1.36. The lowest BCUT2D eigenvalue weighted by atomic mass is 10.1. The van der Waals surface area contributed by atoms with Crippen molar-refractivity contribution in [2.45, 2.75) is 6.54 Å². The zero-order chi connectivity index (χ0) is 22.5. The van der Waals surface area contributed by atoms with Crippen LogP contribution in [0.25, 0.3) is 0 Å². The largest absolute Gasteiger partial charge is 0.454 e. The van der Waals surface area contributed by atoms with Crippen LogP contribution >= 0.6 is 0 Å². The van der Waals surface area contributed by atoms with Crippen molar-refractivity contribution in [2.24, 2.45) is 0 Å². The molecule has 0 saturated carbocycles.